The van der Waals surface area contributed by atoms with E-state index in [1.165, 1.54) is 10.6 Å². The minimum absolute atomic E-state index is 0.160. The van der Waals surface area contributed by atoms with Crippen LogP contribution in [0.2, 0.25) is 0 Å². The summed E-state index contributed by atoms with van der Waals surface area (Å²) in [6, 6.07) is 3.41. The van der Waals surface area contributed by atoms with Crippen molar-refractivity contribution in [3.63, 3.8) is 0 Å². The number of nitrogens with one attached hydrogen (secondary N) is 1. The van der Waals surface area contributed by atoms with Gasteiger partial charge in [0, 0.05) is 32.4 Å². The van der Waals surface area contributed by atoms with Gasteiger partial charge < -0.3 is 15.0 Å². The van der Waals surface area contributed by atoms with Gasteiger partial charge in [-0.05, 0) is 31.5 Å². The second kappa shape index (κ2) is 7.38. The van der Waals surface area contributed by atoms with Gasteiger partial charge in [0.05, 0.1) is 6.61 Å². The van der Waals surface area contributed by atoms with Crippen molar-refractivity contribution in [1.82, 2.24) is 14.8 Å². The molecule has 1 aliphatic heterocycles. The second-order valence-electron chi connectivity index (χ2n) is 5.46. The van der Waals surface area contributed by atoms with E-state index in [0.717, 1.165) is 25.8 Å². The fourth-order valence-electron chi connectivity index (χ4n) is 2.74. The van der Waals surface area contributed by atoms with E-state index >= 15 is 0 Å². The monoisotopic (exact) mass is 293 g/mol. The van der Waals surface area contributed by atoms with E-state index in [9.17, 15) is 14.7 Å². The Morgan fingerprint density at radius 3 is 3.05 bits per heavy atom. The predicted molar refractivity (Wildman–Crippen MR) is 80.3 cm³/mol. The lowest BCUT2D eigenvalue weighted by molar-refractivity contribution is 0.0848. The van der Waals surface area contributed by atoms with Crippen LogP contribution in [-0.2, 0) is 7.05 Å². The highest BCUT2D eigenvalue weighted by molar-refractivity contribution is 5.93. The van der Waals surface area contributed by atoms with E-state index in [0.29, 0.717) is 13.1 Å². The third kappa shape index (κ3) is 3.92. The Hall–Kier alpha value is -1.66. The van der Waals surface area contributed by atoms with Gasteiger partial charge in [-0.3, -0.25) is 14.5 Å². The zero-order chi connectivity index (χ0) is 15.2. The summed E-state index contributed by atoms with van der Waals surface area (Å²) in [4.78, 5) is 26.1. The highest BCUT2D eigenvalue weighted by Crippen LogP contribution is 2.15. The molecule has 116 valence electrons. The molecule has 1 saturated heterocycles. The molecule has 1 aromatic rings. The zero-order valence-corrected chi connectivity index (χ0v) is 12.4. The van der Waals surface area contributed by atoms with Gasteiger partial charge in [0.15, 0.2) is 0 Å². The maximum Gasteiger partial charge on any atom is 0.263 e. The van der Waals surface area contributed by atoms with Crippen LogP contribution in [0.4, 0.5) is 0 Å². The number of aromatic nitrogens is 1. The van der Waals surface area contributed by atoms with E-state index in [1.54, 1.807) is 19.3 Å². The fraction of sp³-hybridized carbons (Fsp3) is 0.600. The smallest absolute Gasteiger partial charge is 0.263 e. The van der Waals surface area contributed by atoms with Gasteiger partial charge in [0.25, 0.3) is 11.5 Å². The molecule has 1 aliphatic rings. The number of carbonyl (C=O) groups is 1. The van der Waals surface area contributed by atoms with Crippen molar-refractivity contribution in [2.75, 3.05) is 26.2 Å². The predicted octanol–water partition coefficient (Wildman–Crippen LogP) is -0.0381. The first-order valence-electron chi connectivity index (χ1n) is 7.42. The Balaban J connectivity index is 1.87. The van der Waals surface area contributed by atoms with Crippen molar-refractivity contribution in [2.45, 2.75) is 25.3 Å². The molecule has 0 spiro atoms. The molecular formula is C15H23N3O3. The Kier molecular flexibility index (Phi) is 5.52. The topological polar surface area (TPSA) is 74.6 Å². The quantitative estimate of drug-likeness (QED) is 0.799. The van der Waals surface area contributed by atoms with E-state index < -0.39 is 0 Å². The third-order valence-corrected chi connectivity index (χ3v) is 4.01. The first kappa shape index (κ1) is 15.7. The summed E-state index contributed by atoms with van der Waals surface area (Å²) < 4.78 is 1.39. The molecule has 1 fully saturated rings. The summed E-state index contributed by atoms with van der Waals surface area (Å²) in [5.74, 6) is -0.339. The summed E-state index contributed by atoms with van der Waals surface area (Å²) in [5.41, 5.74) is -0.126. The highest BCUT2D eigenvalue weighted by Gasteiger charge is 2.21. The number of pyridine rings is 1. The molecular weight excluding hydrogens is 270 g/mol. The summed E-state index contributed by atoms with van der Waals surface area (Å²) >= 11 is 0. The summed E-state index contributed by atoms with van der Waals surface area (Å²) in [7, 11) is 1.62. The van der Waals surface area contributed by atoms with Crippen molar-refractivity contribution in [1.29, 1.82) is 0 Å². The third-order valence-electron chi connectivity index (χ3n) is 4.01. The van der Waals surface area contributed by atoms with Crippen LogP contribution >= 0.6 is 0 Å². The lowest BCUT2D eigenvalue weighted by Gasteiger charge is -2.34. The Bertz CT molecular complexity index is 541. The van der Waals surface area contributed by atoms with Gasteiger partial charge in [-0.1, -0.05) is 6.42 Å². The van der Waals surface area contributed by atoms with Gasteiger partial charge in [-0.2, -0.15) is 0 Å². The van der Waals surface area contributed by atoms with Crippen LogP contribution in [0.25, 0.3) is 0 Å². The molecule has 2 heterocycles. The highest BCUT2D eigenvalue weighted by atomic mass is 16.3. The van der Waals surface area contributed by atoms with Crippen LogP contribution in [0.15, 0.2) is 23.1 Å². The van der Waals surface area contributed by atoms with Gasteiger partial charge in [-0.15, -0.1) is 0 Å². The molecule has 1 atom stereocenters. The zero-order valence-electron chi connectivity index (χ0n) is 12.4. The fourth-order valence-corrected chi connectivity index (χ4v) is 2.74. The maximum absolute atomic E-state index is 12.0. The molecule has 1 aromatic heterocycles. The number of likely N-dealkylation sites (tertiary alicyclic amines) is 1. The number of aliphatic hydroxyl groups is 1. The van der Waals surface area contributed by atoms with Crippen LogP contribution < -0.4 is 10.9 Å². The largest absolute Gasteiger partial charge is 0.395 e. The molecule has 6 heteroatoms. The lowest BCUT2D eigenvalue weighted by Crippen LogP contribution is -2.45. The average Bonchev–Trinajstić information content (AvgIpc) is 2.50. The molecule has 0 bridgehead atoms. The van der Waals surface area contributed by atoms with Crippen molar-refractivity contribution < 1.29 is 9.90 Å². The molecule has 2 rings (SSSR count). The number of aliphatic hydroxyl groups excluding tert-OH is 1. The lowest BCUT2D eigenvalue weighted by atomic mass is 10.0. The number of carbonyl (C=O) groups excluding carboxylic acids is 1. The van der Waals surface area contributed by atoms with E-state index in [-0.39, 0.29) is 29.7 Å². The Morgan fingerprint density at radius 2 is 2.29 bits per heavy atom. The van der Waals surface area contributed by atoms with Crippen LogP contribution in [0.5, 0.6) is 0 Å². The average molecular weight is 293 g/mol. The minimum atomic E-state index is -0.339. The number of hydrogen-bond acceptors (Lipinski definition) is 4. The van der Waals surface area contributed by atoms with E-state index in [1.807, 2.05) is 0 Å². The Morgan fingerprint density at radius 1 is 1.48 bits per heavy atom. The van der Waals surface area contributed by atoms with Crippen LogP contribution in [0.1, 0.15) is 29.6 Å². The summed E-state index contributed by atoms with van der Waals surface area (Å²) in [5, 5.41) is 12.1. The molecule has 21 heavy (non-hydrogen) atoms. The van der Waals surface area contributed by atoms with Gasteiger partial charge in [0.1, 0.15) is 5.56 Å². The molecule has 0 saturated carbocycles. The second-order valence-corrected chi connectivity index (χ2v) is 5.46. The molecule has 2 N–H and O–H groups in total. The molecule has 0 aromatic carbocycles. The molecule has 0 aliphatic carbocycles. The summed E-state index contributed by atoms with van der Waals surface area (Å²) in [6.07, 6.45) is 4.90. The van der Waals surface area contributed by atoms with Crippen LogP contribution in [-0.4, -0.2) is 52.8 Å². The van der Waals surface area contributed by atoms with Crippen molar-refractivity contribution in [3.05, 3.63) is 34.2 Å². The van der Waals surface area contributed by atoms with Crippen LogP contribution in [0, 0.1) is 0 Å². The number of hydrogen-bond donors (Lipinski definition) is 2. The van der Waals surface area contributed by atoms with Crippen LogP contribution in [0.3, 0.4) is 0 Å². The van der Waals surface area contributed by atoms with E-state index in [2.05, 4.69) is 10.2 Å². The molecule has 1 amide bonds. The summed E-state index contributed by atoms with van der Waals surface area (Å²) in [6.45, 7) is 2.29. The minimum Gasteiger partial charge on any atom is -0.395 e. The van der Waals surface area contributed by atoms with E-state index in [4.69, 9.17) is 0 Å². The molecule has 6 nitrogen and oxygen atoms in total. The van der Waals surface area contributed by atoms with Crippen molar-refractivity contribution >= 4 is 5.91 Å². The first-order chi connectivity index (χ1) is 10.1. The SMILES string of the molecule is Cn1cccc(C(=O)NCCN2CCCC[C@@H]2CO)c1=O. The first-order valence-corrected chi connectivity index (χ1v) is 7.42. The van der Waals surface area contributed by atoms with Gasteiger partial charge >= 0.3 is 0 Å². The normalized spacial score (nSPS) is 19.4. The van der Waals surface area contributed by atoms with Crippen molar-refractivity contribution in [3.8, 4) is 0 Å². The Labute approximate surface area is 124 Å². The molecule has 0 radical (unpaired) electrons. The number of nitrogens with zero attached hydrogens (tertiary/aromatic N) is 2. The van der Waals surface area contributed by atoms with Gasteiger partial charge in [-0.25, -0.2) is 0 Å². The number of rotatable bonds is 5. The number of aryl methyl sites for hydroxylation is 1. The number of amides is 1. The van der Waals surface area contributed by atoms with Crippen molar-refractivity contribution in [2.24, 2.45) is 7.05 Å². The standard InChI is InChI=1S/C15H23N3O3/c1-17-8-4-6-13(15(17)21)14(20)16-7-10-18-9-3-2-5-12(18)11-19/h4,6,8,12,19H,2-3,5,7,9-11H2,1H3,(H,16,20)/t12-/m1/s1. The maximum atomic E-state index is 12.0. The van der Waals surface area contributed by atoms with Gasteiger partial charge in [0.2, 0.25) is 0 Å². The number of piperidine rings is 1. The molecule has 0 unspecified atom stereocenters.